The first kappa shape index (κ1) is 8.46. The van der Waals surface area contributed by atoms with Crippen molar-refractivity contribution >= 4 is 15.9 Å². The predicted molar refractivity (Wildman–Crippen MR) is 43.4 cm³/mol. The van der Waals surface area contributed by atoms with Crippen LogP contribution in [0.5, 0.6) is 5.88 Å². The maximum absolute atomic E-state index is 12.8. The Hall–Kier alpha value is -0.640. The summed E-state index contributed by atoms with van der Waals surface area (Å²) in [5, 5.41) is 0.598. The Bertz CT molecular complexity index is 254. The van der Waals surface area contributed by atoms with E-state index in [1.807, 2.05) is 0 Å². The van der Waals surface area contributed by atoms with Crippen LogP contribution in [-0.4, -0.2) is 12.1 Å². The quantitative estimate of drug-likeness (QED) is 0.712. The fraction of sp³-hybridized carbons (Fsp3) is 0.286. The van der Waals surface area contributed by atoms with Crippen molar-refractivity contribution in [2.24, 2.45) is 0 Å². The number of ether oxygens (including phenoxy) is 1. The summed E-state index contributed by atoms with van der Waals surface area (Å²) in [6, 6.07) is 1.39. The van der Waals surface area contributed by atoms with E-state index >= 15 is 0 Å². The highest BCUT2D eigenvalue weighted by Gasteiger charge is 2.03. The zero-order valence-corrected chi connectivity index (χ0v) is 7.56. The average Bonchev–Trinajstić information content (AvgIpc) is 2.04. The number of hydrogen-bond donors (Lipinski definition) is 0. The molecule has 60 valence electrons. The van der Waals surface area contributed by atoms with Gasteiger partial charge in [-0.15, -0.1) is 0 Å². The molecule has 0 aliphatic heterocycles. The van der Waals surface area contributed by atoms with Crippen molar-refractivity contribution < 1.29 is 9.13 Å². The largest absolute Gasteiger partial charge is 0.479 e. The third-order valence-electron chi connectivity index (χ3n) is 1.21. The molecule has 11 heavy (non-hydrogen) atoms. The Labute approximate surface area is 72.5 Å². The molecule has 4 heteroatoms. The standard InChI is InChI=1S/C7H7BrFNO/c1-11-7-6(9)2-5(3-8)4-10-7/h2,4H,3H2,1H3. The number of nitrogens with zero attached hydrogens (tertiary/aromatic N) is 1. The number of pyridine rings is 1. The van der Waals surface area contributed by atoms with Gasteiger partial charge in [0.05, 0.1) is 7.11 Å². The molecule has 1 heterocycles. The Kier molecular flexibility index (Phi) is 2.82. The number of alkyl halides is 1. The van der Waals surface area contributed by atoms with E-state index in [9.17, 15) is 4.39 Å². The summed E-state index contributed by atoms with van der Waals surface area (Å²) in [5.41, 5.74) is 0.795. The lowest BCUT2D eigenvalue weighted by molar-refractivity contribution is 0.368. The van der Waals surface area contributed by atoms with Gasteiger partial charge in [-0.1, -0.05) is 15.9 Å². The molecule has 0 fully saturated rings. The van der Waals surface area contributed by atoms with Gasteiger partial charge in [-0.3, -0.25) is 0 Å². The van der Waals surface area contributed by atoms with Crippen molar-refractivity contribution in [3.63, 3.8) is 0 Å². The van der Waals surface area contributed by atoms with Crippen molar-refractivity contribution in [3.8, 4) is 5.88 Å². The van der Waals surface area contributed by atoms with Crippen molar-refractivity contribution in [3.05, 3.63) is 23.6 Å². The molecule has 0 spiro atoms. The van der Waals surface area contributed by atoms with E-state index in [1.165, 1.54) is 13.2 Å². The number of aromatic nitrogens is 1. The second kappa shape index (κ2) is 3.67. The van der Waals surface area contributed by atoms with Crippen LogP contribution in [0.3, 0.4) is 0 Å². The zero-order valence-electron chi connectivity index (χ0n) is 5.97. The van der Waals surface area contributed by atoms with E-state index in [4.69, 9.17) is 0 Å². The Morgan fingerprint density at radius 1 is 1.73 bits per heavy atom. The highest BCUT2D eigenvalue weighted by atomic mass is 79.9. The van der Waals surface area contributed by atoms with Gasteiger partial charge in [-0.2, -0.15) is 0 Å². The normalized spacial score (nSPS) is 9.73. The minimum absolute atomic E-state index is 0.0368. The maximum atomic E-state index is 12.8. The van der Waals surface area contributed by atoms with E-state index in [-0.39, 0.29) is 5.88 Å². The van der Waals surface area contributed by atoms with E-state index in [2.05, 4.69) is 25.7 Å². The lowest BCUT2D eigenvalue weighted by Gasteiger charge is -2.00. The molecule has 2 nitrogen and oxygen atoms in total. The number of hydrogen-bond acceptors (Lipinski definition) is 2. The molecule has 0 bridgehead atoms. The number of methoxy groups -OCH3 is 1. The summed E-state index contributed by atoms with van der Waals surface area (Å²) in [4.78, 5) is 3.74. The van der Waals surface area contributed by atoms with Gasteiger partial charge in [0.25, 0.3) is 0 Å². The van der Waals surface area contributed by atoms with Gasteiger partial charge < -0.3 is 4.74 Å². The van der Waals surface area contributed by atoms with Crippen LogP contribution in [-0.2, 0) is 5.33 Å². The van der Waals surface area contributed by atoms with Crippen LogP contribution in [0, 0.1) is 5.82 Å². The van der Waals surface area contributed by atoms with E-state index in [0.29, 0.717) is 5.33 Å². The molecule has 1 aromatic rings. The van der Waals surface area contributed by atoms with E-state index in [1.54, 1.807) is 6.20 Å². The molecule has 0 atom stereocenters. The Morgan fingerprint density at radius 2 is 2.45 bits per heavy atom. The molecule has 1 aromatic heterocycles. The molecular formula is C7H7BrFNO. The summed E-state index contributed by atoms with van der Waals surface area (Å²) < 4.78 is 17.5. The molecule has 0 saturated carbocycles. The van der Waals surface area contributed by atoms with Gasteiger partial charge in [0.1, 0.15) is 0 Å². The minimum atomic E-state index is -0.426. The smallest absolute Gasteiger partial charge is 0.250 e. The molecule has 0 radical (unpaired) electrons. The third-order valence-corrected chi connectivity index (χ3v) is 1.86. The molecule has 0 aliphatic rings. The maximum Gasteiger partial charge on any atom is 0.250 e. The first-order chi connectivity index (χ1) is 5.27. The zero-order chi connectivity index (χ0) is 8.27. The van der Waals surface area contributed by atoms with Gasteiger partial charge in [0, 0.05) is 11.5 Å². The van der Waals surface area contributed by atoms with Crippen LogP contribution in [0.25, 0.3) is 0 Å². The summed E-state index contributed by atoms with van der Waals surface area (Å²) in [5.74, 6) is -0.390. The van der Waals surface area contributed by atoms with Crippen LogP contribution in [0.15, 0.2) is 12.3 Å². The summed E-state index contributed by atoms with van der Waals surface area (Å²) in [6.07, 6.45) is 1.57. The molecule has 0 amide bonds. The molecular weight excluding hydrogens is 213 g/mol. The fourth-order valence-electron chi connectivity index (χ4n) is 0.688. The molecule has 0 unspecified atom stereocenters. The fourth-order valence-corrected chi connectivity index (χ4v) is 0.995. The predicted octanol–water partition coefficient (Wildman–Crippen LogP) is 2.12. The van der Waals surface area contributed by atoms with Crippen LogP contribution >= 0.6 is 15.9 Å². The summed E-state index contributed by atoms with van der Waals surface area (Å²) in [7, 11) is 1.39. The Morgan fingerprint density at radius 3 is 2.91 bits per heavy atom. The molecule has 0 N–H and O–H groups in total. The van der Waals surface area contributed by atoms with Crippen molar-refractivity contribution in [1.82, 2.24) is 4.98 Å². The first-order valence-corrected chi connectivity index (χ1v) is 4.14. The first-order valence-electron chi connectivity index (χ1n) is 3.02. The molecule has 0 aromatic carbocycles. The van der Waals surface area contributed by atoms with Crippen LogP contribution < -0.4 is 4.74 Å². The van der Waals surface area contributed by atoms with Crippen molar-refractivity contribution in [1.29, 1.82) is 0 Å². The van der Waals surface area contributed by atoms with Gasteiger partial charge in [0.2, 0.25) is 5.88 Å². The van der Waals surface area contributed by atoms with E-state index < -0.39 is 5.82 Å². The molecule has 1 rings (SSSR count). The number of halogens is 2. The lowest BCUT2D eigenvalue weighted by Crippen LogP contribution is -1.92. The highest BCUT2D eigenvalue weighted by Crippen LogP contribution is 2.14. The van der Waals surface area contributed by atoms with Gasteiger partial charge in [-0.05, 0) is 11.6 Å². The van der Waals surface area contributed by atoms with Crippen molar-refractivity contribution in [2.75, 3.05) is 7.11 Å². The van der Waals surface area contributed by atoms with Gasteiger partial charge in [0.15, 0.2) is 5.82 Å². The molecule has 0 aliphatic carbocycles. The SMILES string of the molecule is COc1ncc(CBr)cc1F. The second-order valence-electron chi connectivity index (χ2n) is 1.97. The van der Waals surface area contributed by atoms with Gasteiger partial charge >= 0.3 is 0 Å². The van der Waals surface area contributed by atoms with E-state index in [0.717, 1.165) is 5.56 Å². The van der Waals surface area contributed by atoms with Gasteiger partial charge in [-0.25, -0.2) is 9.37 Å². The van der Waals surface area contributed by atoms with Crippen LogP contribution in [0.4, 0.5) is 4.39 Å². The highest BCUT2D eigenvalue weighted by molar-refractivity contribution is 9.08. The topological polar surface area (TPSA) is 22.1 Å². The lowest BCUT2D eigenvalue weighted by atomic mass is 10.3. The third kappa shape index (κ3) is 1.89. The van der Waals surface area contributed by atoms with Crippen LogP contribution in [0.1, 0.15) is 5.56 Å². The summed E-state index contributed by atoms with van der Waals surface area (Å²) in [6.45, 7) is 0. The molecule has 0 saturated heterocycles. The average molecular weight is 220 g/mol. The minimum Gasteiger partial charge on any atom is -0.479 e. The van der Waals surface area contributed by atoms with Crippen molar-refractivity contribution in [2.45, 2.75) is 5.33 Å². The second-order valence-corrected chi connectivity index (χ2v) is 2.53. The number of rotatable bonds is 2. The monoisotopic (exact) mass is 219 g/mol. The Balaban J connectivity index is 2.99. The summed E-state index contributed by atoms with van der Waals surface area (Å²) >= 11 is 3.19. The van der Waals surface area contributed by atoms with Crippen LogP contribution in [0.2, 0.25) is 0 Å².